The monoisotopic (exact) mass is 673 g/mol. The van der Waals surface area contributed by atoms with Gasteiger partial charge in [-0.05, 0) is 76.2 Å². The Bertz CT molecular complexity index is 2080. The van der Waals surface area contributed by atoms with Crippen molar-refractivity contribution in [2.24, 2.45) is 0 Å². The summed E-state index contributed by atoms with van der Waals surface area (Å²) in [5.41, 5.74) is -1.98. The minimum absolute atomic E-state index is 0.309. The van der Waals surface area contributed by atoms with Gasteiger partial charge in [0.1, 0.15) is 36.0 Å². The lowest BCUT2D eigenvalue weighted by Crippen LogP contribution is -2.48. The number of ether oxygens (including phenoxy) is 1. The summed E-state index contributed by atoms with van der Waals surface area (Å²) < 4.78 is 68.7. The number of alkyl halides is 2. The highest BCUT2D eigenvalue weighted by Crippen LogP contribution is 2.46. The fourth-order valence-electron chi connectivity index (χ4n) is 4.91. The maximum atomic E-state index is 16.0. The van der Waals surface area contributed by atoms with Crippen LogP contribution in [0.3, 0.4) is 0 Å². The van der Waals surface area contributed by atoms with Crippen LogP contribution in [0.25, 0.3) is 0 Å². The third kappa shape index (κ3) is 7.20. The van der Waals surface area contributed by atoms with Gasteiger partial charge in [-0.2, -0.15) is 13.9 Å². The van der Waals surface area contributed by atoms with Crippen LogP contribution in [0.1, 0.15) is 33.5 Å². The van der Waals surface area contributed by atoms with Crippen LogP contribution in [0.5, 0.6) is 5.75 Å². The Balaban J connectivity index is 1.12. The molecule has 3 aromatic carbocycles. The number of aromatic nitrogens is 7. The van der Waals surface area contributed by atoms with Gasteiger partial charge in [0.05, 0.1) is 13.1 Å². The van der Waals surface area contributed by atoms with Gasteiger partial charge >= 0.3 is 5.92 Å². The molecule has 1 N–H and O–H groups in total. The second kappa shape index (κ2) is 13.6. The summed E-state index contributed by atoms with van der Waals surface area (Å²) in [6.45, 7) is -0.0264. The van der Waals surface area contributed by atoms with Crippen LogP contribution in [0.4, 0.5) is 17.6 Å². The number of hydrogen-bond acceptors (Lipinski definition) is 7. The fraction of sp³-hybridized carbons (Fsp3) is 0.147. The first-order chi connectivity index (χ1) is 23.1. The lowest BCUT2D eigenvalue weighted by Gasteiger charge is -2.35. The third-order valence-corrected chi connectivity index (χ3v) is 7.52. The number of pyridine rings is 1. The largest absolute Gasteiger partial charge is 0.489 e. The molecule has 3 aromatic heterocycles. The van der Waals surface area contributed by atoms with Crippen molar-refractivity contribution >= 4 is 11.6 Å². The summed E-state index contributed by atoms with van der Waals surface area (Å²) in [6.07, 6.45) is 3.90. The molecule has 0 aliphatic rings. The topological polar surface area (TPSA) is 104 Å². The Kier molecular flexibility index (Phi) is 9.20. The van der Waals surface area contributed by atoms with E-state index in [1.165, 1.54) is 6.07 Å². The molecule has 14 heteroatoms. The molecule has 1 unspecified atom stereocenters. The van der Waals surface area contributed by atoms with Gasteiger partial charge in [0.15, 0.2) is 10.8 Å². The quantitative estimate of drug-likeness (QED) is 0.143. The van der Waals surface area contributed by atoms with Gasteiger partial charge in [-0.15, -0.1) is 5.10 Å². The average molecular weight is 674 g/mol. The molecule has 0 bridgehead atoms. The molecule has 6 rings (SSSR count). The zero-order valence-electron chi connectivity index (χ0n) is 24.8. The van der Waals surface area contributed by atoms with E-state index in [-0.39, 0.29) is 0 Å². The van der Waals surface area contributed by atoms with E-state index in [1.807, 2.05) is 30.5 Å². The highest BCUT2D eigenvalue weighted by molar-refractivity contribution is 6.29. The van der Waals surface area contributed by atoms with Crippen LogP contribution in [-0.4, -0.2) is 40.1 Å². The number of hydrogen-bond donors (Lipinski definition) is 1. The second-order valence-electron chi connectivity index (χ2n) is 10.7. The molecular formula is C34H24ClF4N7O2. The zero-order valence-corrected chi connectivity index (χ0v) is 25.6. The van der Waals surface area contributed by atoms with E-state index in [4.69, 9.17) is 16.3 Å². The number of benzene rings is 3. The Hall–Kier alpha value is -5.58. The van der Waals surface area contributed by atoms with E-state index in [0.29, 0.717) is 41.2 Å². The molecule has 0 aliphatic carbocycles. The lowest BCUT2D eigenvalue weighted by molar-refractivity contribution is -0.207. The van der Waals surface area contributed by atoms with Crippen LogP contribution >= 0.6 is 11.6 Å². The molecule has 48 heavy (non-hydrogen) atoms. The first kappa shape index (κ1) is 32.4. The molecule has 0 fully saturated rings. The molecule has 242 valence electrons. The van der Waals surface area contributed by atoms with Gasteiger partial charge in [0, 0.05) is 35.2 Å². The smallest absolute Gasteiger partial charge is 0.323 e. The van der Waals surface area contributed by atoms with Crippen molar-refractivity contribution in [2.75, 3.05) is 0 Å². The van der Waals surface area contributed by atoms with Crippen molar-refractivity contribution in [1.29, 1.82) is 0 Å². The van der Waals surface area contributed by atoms with Gasteiger partial charge in [0.2, 0.25) is 0 Å². The third-order valence-electron chi connectivity index (χ3n) is 7.32. The normalized spacial score (nSPS) is 12.6. The standard InChI is InChI=1S/C34H24ClF4N7O2/c35-32-14-15-45(42-32)19-25-2-1-3-26(16-25)20-48-28-10-6-23(7-11-28)4-5-24-8-13-31(40-18-24)34(38,39)33(47,21-46-22-41-43-44-46)29-12-9-27(36)17-30(29)37/h1-3,6-18,22,47H,19-21H2. The summed E-state index contributed by atoms with van der Waals surface area (Å²) in [5, 5.41) is 26.2. The van der Waals surface area contributed by atoms with Gasteiger partial charge in [-0.1, -0.05) is 47.7 Å². The Labute approximate surface area is 276 Å². The number of rotatable bonds is 10. The van der Waals surface area contributed by atoms with Crippen molar-refractivity contribution in [3.63, 3.8) is 0 Å². The second-order valence-corrected chi connectivity index (χ2v) is 11.1. The predicted molar refractivity (Wildman–Crippen MR) is 166 cm³/mol. The Morgan fingerprint density at radius 1 is 0.875 bits per heavy atom. The van der Waals surface area contributed by atoms with E-state index in [0.717, 1.165) is 46.5 Å². The van der Waals surface area contributed by atoms with Crippen molar-refractivity contribution in [3.05, 3.63) is 154 Å². The predicted octanol–water partition coefficient (Wildman–Crippen LogP) is 5.90. The first-order valence-electron chi connectivity index (χ1n) is 14.3. The number of halogens is 5. The van der Waals surface area contributed by atoms with E-state index in [1.54, 1.807) is 35.0 Å². The average Bonchev–Trinajstić information content (AvgIpc) is 3.74. The number of nitrogens with zero attached hydrogens (tertiary/aromatic N) is 7. The van der Waals surface area contributed by atoms with Crippen LogP contribution < -0.4 is 4.74 Å². The van der Waals surface area contributed by atoms with Crippen LogP contribution in [0, 0.1) is 23.5 Å². The van der Waals surface area contributed by atoms with Gasteiger partial charge in [0.25, 0.3) is 0 Å². The molecule has 0 amide bonds. The molecule has 0 saturated carbocycles. The van der Waals surface area contributed by atoms with E-state index in [2.05, 4.69) is 37.4 Å². The Morgan fingerprint density at radius 2 is 1.65 bits per heavy atom. The molecule has 0 spiro atoms. The number of tetrazole rings is 1. The SMILES string of the molecule is OC(Cn1cnnn1)(c1ccc(F)cc1F)C(F)(F)c1ccc(C#Cc2ccc(OCc3cccc(Cn4ccc(Cl)n4)c3)cc2)cn1. The fourth-order valence-corrected chi connectivity index (χ4v) is 5.06. The van der Waals surface area contributed by atoms with Crippen LogP contribution in [-0.2, 0) is 31.2 Å². The molecule has 0 saturated heterocycles. The molecule has 0 aliphatic heterocycles. The maximum absolute atomic E-state index is 16.0. The van der Waals surface area contributed by atoms with Crippen molar-refractivity contribution in [2.45, 2.75) is 31.2 Å². The van der Waals surface area contributed by atoms with Crippen LogP contribution in [0.15, 0.2) is 104 Å². The van der Waals surface area contributed by atoms with E-state index in [9.17, 15) is 13.9 Å². The molecule has 1 atom stereocenters. The molecule has 6 aromatic rings. The Morgan fingerprint density at radius 3 is 2.33 bits per heavy atom. The van der Waals surface area contributed by atoms with Gasteiger partial charge in [-0.25, -0.2) is 13.5 Å². The lowest BCUT2D eigenvalue weighted by atomic mass is 9.84. The first-order valence-corrected chi connectivity index (χ1v) is 14.7. The van der Waals surface area contributed by atoms with E-state index >= 15 is 8.78 Å². The molecule has 9 nitrogen and oxygen atoms in total. The van der Waals surface area contributed by atoms with Crippen molar-refractivity contribution in [3.8, 4) is 17.6 Å². The summed E-state index contributed by atoms with van der Waals surface area (Å²) in [5.74, 6) is -0.111. The van der Waals surface area contributed by atoms with Crippen molar-refractivity contribution in [1.82, 2.24) is 35.0 Å². The summed E-state index contributed by atoms with van der Waals surface area (Å²) in [7, 11) is 0. The minimum atomic E-state index is -4.17. The van der Waals surface area contributed by atoms with Crippen molar-refractivity contribution < 1.29 is 27.4 Å². The summed E-state index contributed by atoms with van der Waals surface area (Å²) >= 11 is 5.90. The maximum Gasteiger partial charge on any atom is 0.323 e. The van der Waals surface area contributed by atoms with Crippen LogP contribution in [0.2, 0.25) is 5.15 Å². The minimum Gasteiger partial charge on any atom is -0.489 e. The molecular weight excluding hydrogens is 650 g/mol. The molecule has 0 radical (unpaired) electrons. The zero-order chi connectivity index (χ0) is 33.7. The number of aliphatic hydroxyl groups is 1. The molecule has 3 heterocycles. The van der Waals surface area contributed by atoms with Gasteiger partial charge < -0.3 is 9.84 Å². The summed E-state index contributed by atoms with van der Waals surface area (Å²) in [6, 6.07) is 20.9. The highest BCUT2D eigenvalue weighted by Gasteiger charge is 2.58. The summed E-state index contributed by atoms with van der Waals surface area (Å²) in [4.78, 5) is 3.83. The van der Waals surface area contributed by atoms with Gasteiger partial charge in [-0.3, -0.25) is 9.67 Å². The van der Waals surface area contributed by atoms with E-state index < -0.39 is 41.0 Å². The highest BCUT2D eigenvalue weighted by atomic mass is 35.5.